The first-order valence-corrected chi connectivity index (χ1v) is 7.82. The quantitative estimate of drug-likeness (QED) is 0.354. The van der Waals surface area contributed by atoms with Gasteiger partial charge in [0.15, 0.2) is 0 Å². The molecule has 0 amide bonds. The predicted molar refractivity (Wildman–Crippen MR) is 57.3 cm³/mol. The number of hydrogen-bond donors (Lipinski definition) is 2. The third-order valence-corrected chi connectivity index (χ3v) is 1.38. The van der Waals surface area contributed by atoms with Gasteiger partial charge in [0.05, 0.1) is 0 Å². The third-order valence-electron chi connectivity index (χ3n) is 1.38. The zero-order valence-electron chi connectivity index (χ0n) is 12.0. The minimum Gasteiger partial charge on any atom is -0.384 e. The fourth-order valence-corrected chi connectivity index (χ4v) is 0.752. The van der Waals surface area contributed by atoms with E-state index in [-0.39, 0.29) is 17.1 Å². The van der Waals surface area contributed by atoms with Gasteiger partial charge < -0.3 is 11.5 Å². The van der Waals surface area contributed by atoms with Crippen LogP contribution in [-0.2, 0) is 17.1 Å². The number of aromatic nitrogens is 2. The maximum atomic E-state index is 8.49. The van der Waals surface area contributed by atoms with Gasteiger partial charge in [0.25, 0.3) is 0 Å². The smallest absolute Gasteiger partial charge is 0.384 e. The molecule has 0 atom stereocenters. The van der Waals surface area contributed by atoms with Crippen LogP contribution in [0.5, 0.6) is 0 Å². The molecule has 145 valence electrons. The Labute approximate surface area is 156 Å². The fourth-order valence-electron chi connectivity index (χ4n) is 0.752. The molecule has 2 heterocycles. The number of nitrogen functional groups attached to an aromatic ring is 2. The largest absolute Gasteiger partial charge is 2.00 e. The van der Waals surface area contributed by atoms with E-state index in [1.807, 2.05) is 24.3 Å². The molecule has 0 saturated heterocycles. The minimum absolute atomic E-state index is 0. The molecule has 2 aromatic rings. The number of anilines is 2. The van der Waals surface area contributed by atoms with E-state index in [0.717, 1.165) is 0 Å². The van der Waals surface area contributed by atoms with Gasteiger partial charge in [-0.3, -0.25) is 0 Å². The Hall–Kier alpha value is -1.32. The molecule has 0 aliphatic heterocycles. The van der Waals surface area contributed by atoms with Gasteiger partial charge in [0.1, 0.15) is 11.6 Å². The zero-order valence-corrected chi connectivity index (χ0v) is 14.4. The summed E-state index contributed by atoms with van der Waals surface area (Å²) in [4.78, 5) is 7.51. The first-order chi connectivity index (χ1) is 10.8. The molecule has 15 heteroatoms. The van der Waals surface area contributed by atoms with E-state index in [2.05, 4.69) is 9.97 Å². The van der Waals surface area contributed by atoms with Crippen LogP contribution in [0.3, 0.4) is 0 Å². The molecule has 25 heavy (non-hydrogen) atoms. The Morgan fingerprint density at radius 3 is 0.920 bits per heavy atom. The fraction of sp³-hybridized carbons (Fsp3) is 0. The van der Waals surface area contributed by atoms with Gasteiger partial charge in [0, 0.05) is 12.4 Å². The summed E-state index contributed by atoms with van der Waals surface area (Å²) in [5.74, 6) is 1.14. The Morgan fingerprint density at radius 1 is 0.600 bits per heavy atom. The van der Waals surface area contributed by atoms with E-state index in [0.29, 0.717) is 11.6 Å². The van der Waals surface area contributed by atoms with Gasteiger partial charge >= 0.3 is 17.1 Å². The van der Waals surface area contributed by atoms with Crippen molar-refractivity contribution < 1.29 is 74.8 Å². The summed E-state index contributed by atoms with van der Waals surface area (Å²) in [5, 5.41) is 0. The molecule has 4 N–H and O–H groups in total. The molecule has 2 rings (SSSR count). The van der Waals surface area contributed by atoms with Crippen LogP contribution in [0.2, 0.25) is 0 Å². The van der Waals surface area contributed by atoms with Crippen molar-refractivity contribution in [1.82, 2.24) is 9.97 Å². The summed E-state index contributed by atoms with van der Waals surface area (Å²) >= 11 is 0. The Balaban J connectivity index is -0.000000259. The second-order valence-electron chi connectivity index (χ2n) is 3.27. The average molecular weight is 451 g/mol. The van der Waals surface area contributed by atoms with Crippen molar-refractivity contribution >= 4 is 11.6 Å². The third kappa shape index (κ3) is 45.0. The van der Waals surface area contributed by atoms with Gasteiger partial charge in [-0.15, -0.1) is 20.5 Å². The van der Waals surface area contributed by atoms with Gasteiger partial charge in [-0.1, -0.05) is 12.1 Å². The predicted octanol–water partition coefficient (Wildman–Crippen LogP) is -8.19. The van der Waals surface area contributed by atoms with Gasteiger partial charge in [-0.2, -0.15) is 0 Å². The van der Waals surface area contributed by atoms with Crippen LogP contribution in [0, 0.1) is 20.5 Å². The first-order valence-electron chi connectivity index (χ1n) is 5.35. The standard InChI is InChI=1S/2C5H6N2.2ClHO4.Cu/c2*6-5-3-1-2-4-7-5;2*2-1(3,4)5;/h2*1-4H,(H2,6,7);2*(H,2,3,4,5);/q;;;;+2/p-2. The number of pyridine rings is 2. The molecule has 0 spiro atoms. The average Bonchev–Trinajstić information content (AvgIpc) is 2.37. The Morgan fingerprint density at radius 2 is 0.840 bits per heavy atom. The zero-order chi connectivity index (χ0) is 19.2. The van der Waals surface area contributed by atoms with Crippen molar-refractivity contribution in [2.45, 2.75) is 0 Å². The molecule has 0 aromatic carbocycles. The number of nitrogens with zero attached hydrogens (tertiary/aromatic N) is 2. The summed E-state index contributed by atoms with van der Waals surface area (Å²) in [6.45, 7) is 0. The second-order valence-corrected chi connectivity index (χ2v) is 4.78. The topological polar surface area (TPSA) is 262 Å². The van der Waals surface area contributed by atoms with Crippen LogP contribution in [-0.4, -0.2) is 9.97 Å². The van der Waals surface area contributed by atoms with Gasteiger partial charge in [-0.05, 0) is 24.3 Å². The molecule has 2 aromatic heterocycles. The summed E-state index contributed by atoms with van der Waals surface area (Å²) in [6.07, 6.45) is 3.32. The minimum atomic E-state index is -4.94. The molecule has 0 bridgehead atoms. The van der Waals surface area contributed by atoms with Crippen molar-refractivity contribution in [3.8, 4) is 0 Å². The summed E-state index contributed by atoms with van der Waals surface area (Å²) in [7, 11) is -9.89. The number of hydrogen-bond acceptors (Lipinski definition) is 12. The Kier molecular flexibility index (Phi) is 17.1. The van der Waals surface area contributed by atoms with E-state index in [4.69, 9.17) is 48.7 Å². The molecular weight excluding hydrogens is 439 g/mol. The maximum absolute atomic E-state index is 8.49. The molecule has 12 nitrogen and oxygen atoms in total. The Bertz CT molecular complexity index is 468. The molecule has 0 aliphatic rings. The number of nitrogens with two attached hydrogens (primary N) is 2. The van der Waals surface area contributed by atoms with E-state index >= 15 is 0 Å². The maximum Gasteiger partial charge on any atom is 2.00 e. The second kappa shape index (κ2) is 15.0. The van der Waals surface area contributed by atoms with Crippen LogP contribution in [0.4, 0.5) is 11.6 Å². The van der Waals surface area contributed by atoms with E-state index in [1.54, 1.807) is 24.5 Å². The molecule has 0 saturated carbocycles. The first kappa shape index (κ1) is 28.5. The van der Waals surface area contributed by atoms with E-state index < -0.39 is 20.5 Å². The van der Waals surface area contributed by atoms with Crippen molar-refractivity contribution in [3.63, 3.8) is 0 Å². The van der Waals surface area contributed by atoms with Crippen LogP contribution in [0.15, 0.2) is 48.8 Å². The van der Waals surface area contributed by atoms with Crippen molar-refractivity contribution in [2.24, 2.45) is 0 Å². The van der Waals surface area contributed by atoms with Crippen LogP contribution >= 0.6 is 0 Å². The SMILES string of the molecule is Nc1ccccn1.Nc1ccccn1.[Cu+2].[O-][Cl+3]([O-])([O-])[O-].[O-][Cl+3]([O-])([O-])[O-]. The molecule has 1 radical (unpaired) electrons. The molecule has 0 fully saturated rings. The van der Waals surface area contributed by atoms with Crippen LogP contribution in [0.25, 0.3) is 0 Å². The van der Waals surface area contributed by atoms with Crippen LogP contribution < -0.4 is 48.7 Å². The van der Waals surface area contributed by atoms with Gasteiger partial charge in [-0.25, -0.2) is 47.2 Å². The normalized spacial score (nSPS) is 9.60. The van der Waals surface area contributed by atoms with E-state index in [1.165, 1.54) is 0 Å². The monoisotopic (exact) mass is 449 g/mol. The number of rotatable bonds is 0. The molecule has 0 unspecified atom stereocenters. The summed E-state index contributed by atoms with van der Waals surface area (Å²) < 4.78 is 67.9. The molecular formula is C10H12Cl2CuN4O8. The summed E-state index contributed by atoms with van der Waals surface area (Å²) in [6, 6.07) is 10.9. The van der Waals surface area contributed by atoms with Crippen LogP contribution in [0.1, 0.15) is 0 Å². The summed E-state index contributed by atoms with van der Waals surface area (Å²) in [5.41, 5.74) is 10.5. The van der Waals surface area contributed by atoms with Gasteiger partial charge in [0.2, 0.25) is 0 Å². The van der Waals surface area contributed by atoms with Crippen molar-refractivity contribution in [1.29, 1.82) is 0 Å². The van der Waals surface area contributed by atoms with E-state index in [9.17, 15) is 0 Å². The van der Waals surface area contributed by atoms with Crippen molar-refractivity contribution in [3.05, 3.63) is 48.8 Å². The number of halogens is 2. The molecule has 0 aliphatic carbocycles. The van der Waals surface area contributed by atoms with Crippen molar-refractivity contribution in [2.75, 3.05) is 11.5 Å².